The molecule has 0 aliphatic carbocycles. The first kappa shape index (κ1) is 13.4. The molecule has 2 aliphatic heterocycles. The molecule has 108 valence electrons. The Morgan fingerprint density at radius 1 is 1.35 bits per heavy atom. The van der Waals surface area contributed by atoms with Crippen molar-refractivity contribution in [1.29, 1.82) is 0 Å². The second kappa shape index (κ2) is 5.09. The van der Waals surface area contributed by atoms with E-state index in [0.29, 0.717) is 12.5 Å². The Kier molecular flexibility index (Phi) is 3.42. The van der Waals surface area contributed by atoms with Crippen LogP contribution in [-0.2, 0) is 4.74 Å². The molecule has 2 atom stereocenters. The molecular weight excluding hydrogens is 252 g/mol. The van der Waals surface area contributed by atoms with Crippen LogP contribution >= 0.6 is 0 Å². The molecule has 20 heavy (non-hydrogen) atoms. The van der Waals surface area contributed by atoms with Gasteiger partial charge in [0.05, 0.1) is 6.54 Å². The van der Waals surface area contributed by atoms with Gasteiger partial charge in [-0.05, 0) is 45.4 Å². The van der Waals surface area contributed by atoms with Crippen molar-refractivity contribution in [3.63, 3.8) is 0 Å². The van der Waals surface area contributed by atoms with Crippen molar-refractivity contribution >= 4 is 11.8 Å². The molecule has 2 unspecified atom stereocenters. The summed E-state index contributed by atoms with van der Waals surface area (Å²) in [6.45, 7) is 6.76. The molecule has 2 heterocycles. The lowest BCUT2D eigenvalue weighted by atomic mass is 9.83. The van der Waals surface area contributed by atoms with Crippen LogP contribution < -0.4 is 10.2 Å². The topological polar surface area (TPSA) is 41.6 Å². The number of nitrogens with one attached hydrogen (secondary N) is 1. The third-order valence-electron chi connectivity index (χ3n) is 4.52. The molecule has 1 amide bonds. The van der Waals surface area contributed by atoms with Crippen LogP contribution in [0.4, 0.5) is 10.5 Å². The number of ether oxygens (including phenoxy) is 1. The van der Waals surface area contributed by atoms with Gasteiger partial charge in [-0.3, -0.25) is 4.90 Å². The largest absolute Gasteiger partial charge is 0.441 e. The molecular formula is C16H22N2O2. The Labute approximate surface area is 120 Å². The third kappa shape index (κ3) is 2.40. The Bertz CT molecular complexity index is 494. The highest BCUT2D eigenvalue weighted by Gasteiger charge is 2.47. The summed E-state index contributed by atoms with van der Waals surface area (Å²) in [7, 11) is 0. The lowest BCUT2D eigenvalue weighted by Crippen LogP contribution is -2.46. The molecule has 0 bridgehead atoms. The first-order valence-electron chi connectivity index (χ1n) is 7.36. The van der Waals surface area contributed by atoms with Gasteiger partial charge in [0.2, 0.25) is 0 Å². The highest BCUT2D eigenvalue weighted by molar-refractivity contribution is 5.90. The molecule has 1 aromatic carbocycles. The van der Waals surface area contributed by atoms with E-state index in [-0.39, 0.29) is 11.7 Å². The number of hydrogen-bond donors (Lipinski definition) is 1. The molecule has 3 rings (SSSR count). The van der Waals surface area contributed by atoms with Crippen molar-refractivity contribution in [3.8, 4) is 0 Å². The number of anilines is 1. The maximum atomic E-state index is 12.2. The fraction of sp³-hybridized carbons (Fsp3) is 0.562. The van der Waals surface area contributed by atoms with Crippen LogP contribution in [0.3, 0.4) is 0 Å². The predicted octanol–water partition coefficient (Wildman–Crippen LogP) is 2.71. The number of benzene rings is 1. The maximum Gasteiger partial charge on any atom is 0.415 e. The number of cyclic esters (lactones) is 1. The van der Waals surface area contributed by atoms with E-state index >= 15 is 0 Å². The highest BCUT2D eigenvalue weighted by atomic mass is 16.6. The molecule has 4 heteroatoms. The number of carbonyl (C=O) groups is 1. The monoisotopic (exact) mass is 274 g/mol. The smallest absolute Gasteiger partial charge is 0.415 e. The van der Waals surface area contributed by atoms with Crippen LogP contribution in [-0.4, -0.2) is 31.3 Å². The Balaban J connectivity index is 1.78. The number of rotatable bonds is 2. The number of hydrogen-bond acceptors (Lipinski definition) is 3. The summed E-state index contributed by atoms with van der Waals surface area (Å²) in [5, 5.41) is 3.40. The molecule has 1 N–H and O–H groups in total. The highest BCUT2D eigenvalue weighted by Crippen LogP contribution is 2.36. The summed E-state index contributed by atoms with van der Waals surface area (Å²) < 4.78 is 5.73. The van der Waals surface area contributed by atoms with E-state index in [4.69, 9.17) is 4.74 Å². The summed E-state index contributed by atoms with van der Waals surface area (Å²) >= 11 is 0. The summed E-state index contributed by atoms with van der Waals surface area (Å²) in [5.41, 5.74) is 1.74. The molecule has 0 saturated carbocycles. The van der Waals surface area contributed by atoms with E-state index in [9.17, 15) is 4.79 Å². The predicted molar refractivity (Wildman–Crippen MR) is 79.0 cm³/mol. The zero-order valence-electron chi connectivity index (χ0n) is 12.2. The van der Waals surface area contributed by atoms with Gasteiger partial charge in [-0.25, -0.2) is 4.79 Å². The van der Waals surface area contributed by atoms with E-state index in [1.165, 1.54) is 5.56 Å². The van der Waals surface area contributed by atoms with Gasteiger partial charge in [-0.2, -0.15) is 0 Å². The van der Waals surface area contributed by atoms with Crippen molar-refractivity contribution in [2.75, 3.05) is 24.5 Å². The van der Waals surface area contributed by atoms with Gasteiger partial charge >= 0.3 is 6.09 Å². The zero-order valence-corrected chi connectivity index (χ0v) is 12.2. The lowest BCUT2D eigenvalue weighted by molar-refractivity contribution is 0.0123. The zero-order chi connectivity index (χ0) is 14.2. The minimum Gasteiger partial charge on any atom is -0.441 e. The number of amides is 1. The second-order valence-corrected chi connectivity index (χ2v) is 6.15. The van der Waals surface area contributed by atoms with Gasteiger partial charge in [0.15, 0.2) is 0 Å². The van der Waals surface area contributed by atoms with Crippen LogP contribution in [0.25, 0.3) is 0 Å². The molecule has 2 saturated heterocycles. The average molecular weight is 274 g/mol. The molecule has 0 spiro atoms. The molecule has 0 aromatic heterocycles. The van der Waals surface area contributed by atoms with Crippen LogP contribution in [0, 0.1) is 12.8 Å². The number of piperidine rings is 1. The lowest BCUT2D eigenvalue weighted by Gasteiger charge is -2.34. The molecule has 2 aliphatic rings. The Morgan fingerprint density at radius 3 is 2.75 bits per heavy atom. The normalized spacial score (nSPS) is 30.4. The molecule has 4 nitrogen and oxygen atoms in total. The SMILES string of the molecule is Cc1ccc(N2CC(C)(C3CCCNC3)OC2=O)cc1. The first-order valence-corrected chi connectivity index (χ1v) is 7.36. The Hall–Kier alpha value is -1.55. The van der Waals surface area contributed by atoms with E-state index in [1.54, 1.807) is 4.90 Å². The van der Waals surface area contributed by atoms with Crippen molar-refractivity contribution in [2.24, 2.45) is 5.92 Å². The Morgan fingerprint density at radius 2 is 2.10 bits per heavy atom. The number of carbonyl (C=O) groups excluding carboxylic acids is 1. The van der Waals surface area contributed by atoms with E-state index < -0.39 is 0 Å². The van der Waals surface area contributed by atoms with Crippen LogP contribution in [0.15, 0.2) is 24.3 Å². The van der Waals surface area contributed by atoms with Crippen LogP contribution in [0.1, 0.15) is 25.3 Å². The van der Waals surface area contributed by atoms with Gasteiger partial charge in [-0.1, -0.05) is 17.7 Å². The van der Waals surface area contributed by atoms with Crippen molar-refractivity contribution in [1.82, 2.24) is 5.32 Å². The second-order valence-electron chi connectivity index (χ2n) is 6.15. The minimum atomic E-state index is -0.380. The van der Waals surface area contributed by atoms with Gasteiger partial charge in [-0.15, -0.1) is 0 Å². The van der Waals surface area contributed by atoms with E-state index in [2.05, 4.69) is 12.2 Å². The standard InChI is InChI=1S/C16H22N2O2/c1-12-5-7-14(8-6-12)18-11-16(2,20-15(18)19)13-4-3-9-17-10-13/h5-8,13,17H,3-4,9-11H2,1-2H3. The number of aryl methyl sites for hydroxylation is 1. The molecule has 2 fully saturated rings. The van der Waals surface area contributed by atoms with Crippen LogP contribution in [0.2, 0.25) is 0 Å². The van der Waals surface area contributed by atoms with Gasteiger partial charge in [0.1, 0.15) is 5.60 Å². The summed E-state index contributed by atoms with van der Waals surface area (Å²) in [4.78, 5) is 14.0. The fourth-order valence-corrected chi connectivity index (χ4v) is 3.17. The van der Waals surface area contributed by atoms with Gasteiger partial charge in [0.25, 0.3) is 0 Å². The fourth-order valence-electron chi connectivity index (χ4n) is 3.17. The van der Waals surface area contributed by atoms with Gasteiger partial charge in [0, 0.05) is 18.2 Å². The summed E-state index contributed by atoms with van der Waals surface area (Å²) in [5.74, 6) is 0.399. The van der Waals surface area contributed by atoms with Crippen LogP contribution in [0.5, 0.6) is 0 Å². The summed E-state index contributed by atoms with van der Waals surface area (Å²) in [6.07, 6.45) is 2.06. The van der Waals surface area contributed by atoms with E-state index in [1.807, 2.05) is 31.2 Å². The van der Waals surface area contributed by atoms with Crippen molar-refractivity contribution in [3.05, 3.63) is 29.8 Å². The average Bonchev–Trinajstić information content (AvgIpc) is 2.77. The molecule has 0 radical (unpaired) electrons. The quantitative estimate of drug-likeness (QED) is 0.901. The first-order chi connectivity index (χ1) is 9.58. The summed E-state index contributed by atoms with van der Waals surface area (Å²) in [6, 6.07) is 8.03. The molecule has 1 aromatic rings. The maximum absolute atomic E-state index is 12.2. The number of nitrogens with zero attached hydrogens (tertiary/aromatic N) is 1. The van der Waals surface area contributed by atoms with Crippen molar-refractivity contribution in [2.45, 2.75) is 32.3 Å². The van der Waals surface area contributed by atoms with Crippen molar-refractivity contribution < 1.29 is 9.53 Å². The minimum absolute atomic E-state index is 0.220. The van der Waals surface area contributed by atoms with E-state index in [0.717, 1.165) is 31.6 Å². The van der Waals surface area contributed by atoms with Gasteiger partial charge < -0.3 is 10.1 Å². The third-order valence-corrected chi connectivity index (χ3v) is 4.52.